The zero-order valence-corrected chi connectivity index (χ0v) is 16.4. The maximum atomic E-state index is 13.0. The summed E-state index contributed by atoms with van der Waals surface area (Å²) in [6.07, 6.45) is -0.871. The van der Waals surface area contributed by atoms with E-state index in [0.717, 1.165) is 0 Å². The molecule has 1 aromatic rings. The first-order chi connectivity index (χ1) is 12.4. The summed E-state index contributed by atoms with van der Waals surface area (Å²) in [5.41, 5.74) is -0.0845. The quantitative estimate of drug-likeness (QED) is 0.718. The van der Waals surface area contributed by atoms with Crippen LogP contribution >= 0.6 is 0 Å². The van der Waals surface area contributed by atoms with Crippen molar-refractivity contribution in [2.45, 2.75) is 59.1 Å². The number of carbonyl (C=O) groups is 3. The number of rotatable bonds is 8. The Morgan fingerprint density at radius 2 is 1.70 bits per heavy atom. The van der Waals surface area contributed by atoms with E-state index in [9.17, 15) is 23.9 Å². The van der Waals surface area contributed by atoms with Crippen molar-refractivity contribution >= 4 is 17.8 Å². The molecule has 0 saturated heterocycles. The lowest BCUT2D eigenvalue weighted by molar-refractivity contribution is -0.144. The zero-order chi connectivity index (χ0) is 20.8. The van der Waals surface area contributed by atoms with Crippen molar-refractivity contribution < 1.29 is 28.6 Å². The summed E-state index contributed by atoms with van der Waals surface area (Å²) in [4.78, 5) is 36.2. The number of ketones is 1. The molecule has 0 spiro atoms. The molecule has 0 heterocycles. The summed E-state index contributed by atoms with van der Waals surface area (Å²) in [7, 11) is 0. The van der Waals surface area contributed by atoms with Gasteiger partial charge >= 0.3 is 12.1 Å². The monoisotopic (exact) mass is 381 g/mol. The van der Waals surface area contributed by atoms with Crippen molar-refractivity contribution in [1.82, 2.24) is 5.32 Å². The number of hydrogen-bond donors (Lipinski definition) is 2. The predicted octanol–water partition coefficient (Wildman–Crippen LogP) is 3.58. The number of ether oxygens (including phenoxy) is 1. The fraction of sp³-hybridized carbons (Fsp3) is 0.550. The van der Waals surface area contributed by atoms with Gasteiger partial charge in [-0.15, -0.1) is 0 Å². The average molecular weight is 381 g/mol. The molecule has 27 heavy (non-hydrogen) atoms. The van der Waals surface area contributed by atoms with Gasteiger partial charge in [0.2, 0.25) is 0 Å². The highest BCUT2D eigenvalue weighted by Gasteiger charge is 2.30. The van der Waals surface area contributed by atoms with Gasteiger partial charge in [-0.05, 0) is 50.8 Å². The standard InChI is InChI=1S/C20H28FNO5/c1-12(2)17(22-19(26)27-20(3,4)5)16(23)11-14(18(24)25)10-13-6-8-15(21)9-7-13/h6-9,12,14,17H,10-11H2,1-5H3,(H,22,26)(H,24,25)/t14-,17+/m1/s1. The summed E-state index contributed by atoms with van der Waals surface area (Å²) >= 11 is 0. The van der Waals surface area contributed by atoms with E-state index in [2.05, 4.69) is 5.32 Å². The van der Waals surface area contributed by atoms with Gasteiger partial charge in [0, 0.05) is 6.42 Å². The first-order valence-electron chi connectivity index (χ1n) is 8.88. The van der Waals surface area contributed by atoms with Crippen LogP contribution in [0.3, 0.4) is 0 Å². The minimum absolute atomic E-state index is 0.0958. The minimum atomic E-state index is -1.12. The van der Waals surface area contributed by atoms with Gasteiger partial charge < -0.3 is 15.2 Å². The molecule has 2 N–H and O–H groups in total. The number of aliphatic carboxylic acids is 1. The molecular weight excluding hydrogens is 353 g/mol. The van der Waals surface area contributed by atoms with Crippen molar-refractivity contribution in [1.29, 1.82) is 0 Å². The van der Waals surface area contributed by atoms with Crippen molar-refractivity contribution in [2.24, 2.45) is 11.8 Å². The van der Waals surface area contributed by atoms with Crippen molar-refractivity contribution in [3.05, 3.63) is 35.6 Å². The number of carboxylic acids is 1. The molecule has 0 unspecified atom stereocenters. The van der Waals surface area contributed by atoms with Gasteiger partial charge in [-0.25, -0.2) is 9.18 Å². The Kier molecular flexibility index (Phi) is 7.94. The molecule has 1 rings (SSSR count). The maximum Gasteiger partial charge on any atom is 0.408 e. The Hall–Kier alpha value is -2.44. The van der Waals surface area contributed by atoms with Crippen LogP contribution in [0, 0.1) is 17.7 Å². The number of Topliss-reactive ketones (excluding diaryl/α,β-unsaturated/α-hetero) is 1. The first-order valence-corrected chi connectivity index (χ1v) is 8.88. The van der Waals surface area contributed by atoms with Gasteiger partial charge in [-0.3, -0.25) is 9.59 Å². The van der Waals surface area contributed by atoms with E-state index >= 15 is 0 Å². The normalized spacial score (nSPS) is 13.7. The Labute approximate surface area is 159 Å². The smallest absolute Gasteiger partial charge is 0.408 e. The van der Waals surface area contributed by atoms with Crippen LogP contribution in [-0.4, -0.2) is 34.6 Å². The van der Waals surface area contributed by atoms with Crippen molar-refractivity contribution in [3.8, 4) is 0 Å². The molecule has 6 nitrogen and oxygen atoms in total. The molecule has 0 aliphatic carbocycles. The minimum Gasteiger partial charge on any atom is -0.481 e. The van der Waals surface area contributed by atoms with Crippen LogP contribution in [0.1, 0.15) is 46.6 Å². The van der Waals surface area contributed by atoms with Crippen molar-refractivity contribution in [3.63, 3.8) is 0 Å². The van der Waals surface area contributed by atoms with Gasteiger partial charge in [0.25, 0.3) is 0 Å². The molecule has 150 valence electrons. The summed E-state index contributed by atoms with van der Waals surface area (Å²) in [6.45, 7) is 8.65. The van der Waals surface area contributed by atoms with Gasteiger partial charge in [0.15, 0.2) is 5.78 Å². The third-order valence-corrected chi connectivity index (χ3v) is 3.88. The molecule has 2 atom stereocenters. The van der Waals surface area contributed by atoms with E-state index in [1.54, 1.807) is 34.6 Å². The molecule has 0 aromatic heterocycles. The topological polar surface area (TPSA) is 92.7 Å². The predicted molar refractivity (Wildman–Crippen MR) is 98.8 cm³/mol. The number of carboxylic acid groups (broad SMARTS) is 1. The van der Waals surface area contributed by atoms with E-state index in [1.165, 1.54) is 24.3 Å². The largest absolute Gasteiger partial charge is 0.481 e. The zero-order valence-electron chi connectivity index (χ0n) is 16.4. The highest BCUT2D eigenvalue weighted by atomic mass is 19.1. The van der Waals surface area contributed by atoms with E-state index in [1.807, 2.05) is 0 Å². The second kappa shape index (κ2) is 9.48. The summed E-state index contributed by atoms with van der Waals surface area (Å²) in [5, 5.41) is 12.0. The molecule has 7 heteroatoms. The lowest BCUT2D eigenvalue weighted by Crippen LogP contribution is -2.47. The average Bonchev–Trinajstić information content (AvgIpc) is 2.51. The van der Waals surface area contributed by atoms with Crippen LogP contribution in [0.5, 0.6) is 0 Å². The first kappa shape index (κ1) is 22.6. The highest BCUT2D eigenvalue weighted by Crippen LogP contribution is 2.17. The molecule has 0 saturated carbocycles. The summed E-state index contributed by atoms with van der Waals surface area (Å²) < 4.78 is 18.2. The number of halogens is 1. The molecule has 0 aliphatic heterocycles. The summed E-state index contributed by atoms with van der Waals surface area (Å²) in [6, 6.07) is 4.63. The number of alkyl carbamates (subject to hydrolysis) is 1. The number of hydrogen-bond acceptors (Lipinski definition) is 4. The van der Waals surface area contributed by atoms with Gasteiger partial charge in [-0.2, -0.15) is 0 Å². The molecule has 0 radical (unpaired) electrons. The van der Waals surface area contributed by atoms with E-state index < -0.39 is 35.4 Å². The second-order valence-corrected chi connectivity index (χ2v) is 7.90. The SMILES string of the molecule is CC(C)[C@H](NC(=O)OC(C)(C)C)C(=O)C[C@@H](Cc1ccc(F)cc1)C(=O)O. The van der Waals surface area contributed by atoms with Gasteiger partial charge in [0.1, 0.15) is 11.4 Å². The Morgan fingerprint density at radius 3 is 2.15 bits per heavy atom. The Balaban J connectivity index is 2.82. The van der Waals surface area contributed by atoms with Crippen LogP contribution in [0.15, 0.2) is 24.3 Å². The van der Waals surface area contributed by atoms with E-state index in [0.29, 0.717) is 5.56 Å². The Morgan fingerprint density at radius 1 is 1.15 bits per heavy atom. The highest BCUT2D eigenvalue weighted by molar-refractivity contribution is 5.90. The maximum absolute atomic E-state index is 13.0. The Bertz CT molecular complexity index is 664. The molecule has 1 aromatic carbocycles. The molecule has 0 fully saturated rings. The fourth-order valence-electron chi connectivity index (χ4n) is 2.58. The van der Waals surface area contributed by atoms with Gasteiger partial charge in [0.05, 0.1) is 12.0 Å². The van der Waals surface area contributed by atoms with Crippen LogP contribution in [0.25, 0.3) is 0 Å². The molecular formula is C20H28FNO5. The van der Waals surface area contributed by atoms with E-state index in [-0.39, 0.29) is 24.5 Å². The molecule has 0 bridgehead atoms. The fourth-order valence-corrected chi connectivity index (χ4v) is 2.58. The van der Waals surface area contributed by atoms with Crippen LogP contribution in [0.4, 0.5) is 9.18 Å². The third kappa shape index (κ3) is 8.19. The lowest BCUT2D eigenvalue weighted by Gasteiger charge is -2.25. The third-order valence-electron chi connectivity index (χ3n) is 3.88. The number of carbonyl (C=O) groups excluding carboxylic acids is 2. The van der Waals surface area contributed by atoms with Crippen LogP contribution in [-0.2, 0) is 20.7 Å². The summed E-state index contributed by atoms with van der Waals surface area (Å²) in [5.74, 6) is -3.11. The van der Waals surface area contributed by atoms with Crippen molar-refractivity contribution in [2.75, 3.05) is 0 Å². The van der Waals surface area contributed by atoms with Gasteiger partial charge in [-0.1, -0.05) is 26.0 Å². The molecule has 1 amide bonds. The number of amides is 1. The molecule has 0 aliphatic rings. The lowest BCUT2D eigenvalue weighted by atomic mass is 9.89. The van der Waals surface area contributed by atoms with E-state index in [4.69, 9.17) is 4.74 Å². The second-order valence-electron chi connectivity index (χ2n) is 7.90. The number of nitrogens with one attached hydrogen (secondary N) is 1. The van der Waals surface area contributed by atoms with Crippen LogP contribution in [0.2, 0.25) is 0 Å². The van der Waals surface area contributed by atoms with Crippen LogP contribution < -0.4 is 5.32 Å². The number of benzene rings is 1.